The second kappa shape index (κ2) is 8.11. The van der Waals surface area contributed by atoms with E-state index in [2.05, 4.69) is 29.0 Å². The number of rotatable bonds is 3. The van der Waals surface area contributed by atoms with Crippen molar-refractivity contribution in [1.82, 2.24) is 15.1 Å². The number of thioether (sulfide) groups is 1. The second-order valence-corrected chi connectivity index (χ2v) is 8.89. The van der Waals surface area contributed by atoms with Crippen LogP contribution in [0.15, 0.2) is 0 Å². The molecule has 0 radical (unpaired) electrons. The first-order chi connectivity index (χ1) is 11.1. The van der Waals surface area contributed by atoms with Crippen molar-refractivity contribution in [2.45, 2.75) is 70.5 Å². The first-order valence-electron chi connectivity index (χ1n) is 9.54. The van der Waals surface area contributed by atoms with E-state index < -0.39 is 0 Å². The van der Waals surface area contributed by atoms with Crippen LogP contribution in [0.3, 0.4) is 0 Å². The lowest BCUT2D eigenvalue weighted by Crippen LogP contribution is -2.54. The van der Waals surface area contributed by atoms with E-state index in [9.17, 15) is 4.79 Å². The Morgan fingerprint density at radius 3 is 2.70 bits per heavy atom. The summed E-state index contributed by atoms with van der Waals surface area (Å²) in [5, 5.41) is 3.32. The van der Waals surface area contributed by atoms with Gasteiger partial charge in [-0.3, -0.25) is 0 Å². The highest BCUT2D eigenvalue weighted by Crippen LogP contribution is 2.30. The van der Waals surface area contributed by atoms with Crippen LogP contribution in [0.5, 0.6) is 0 Å². The van der Waals surface area contributed by atoms with E-state index in [1.807, 2.05) is 11.8 Å². The molecule has 132 valence electrons. The molecule has 0 aromatic heterocycles. The predicted molar refractivity (Wildman–Crippen MR) is 98.0 cm³/mol. The molecule has 5 heteroatoms. The summed E-state index contributed by atoms with van der Waals surface area (Å²) in [5.74, 6) is 2.87. The summed E-state index contributed by atoms with van der Waals surface area (Å²) in [4.78, 5) is 17.4. The molecule has 2 heterocycles. The van der Waals surface area contributed by atoms with Gasteiger partial charge < -0.3 is 15.1 Å². The van der Waals surface area contributed by atoms with Crippen LogP contribution in [0.2, 0.25) is 0 Å². The molecule has 3 atom stereocenters. The van der Waals surface area contributed by atoms with Gasteiger partial charge in [-0.1, -0.05) is 6.42 Å². The Balaban J connectivity index is 1.50. The number of amides is 2. The highest BCUT2D eigenvalue weighted by molar-refractivity contribution is 7.99. The summed E-state index contributed by atoms with van der Waals surface area (Å²) in [7, 11) is 0. The van der Waals surface area contributed by atoms with E-state index in [1.54, 1.807) is 0 Å². The standard InChI is InChI=1S/C18H33N3OS/c1-14-8-11-23-12-10-21(14)18(22)19-15(2)16-5-4-9-20(13-16)17-6-3-7-17/h14-17H,3-13H2,1-2H3,(H,19,22). The maximum absolute atomic E-state index is 12.7. The summed E-state index contributed by atoms with van der Waals surface area (Å²) >= 11 is 1.97. The molecule has 1 N–H and O–H groups in total. The van der Waals surface area contributed by atoms with Crippen LogP contribution in [0.25, 0.3) is 0 Å². The zero-order valence-electron chi connectivity index (χ0n) is 14.8. The van der Waals surface area contributed by atoms with Gasteiger partial charge >= 0.3 is 6.03 Å². The van der Waals surface area contributed by atoms with Crippen LogP contribution in [0.1, 0.15) is 52.4 Å². The van der Waals surface area contributed by atoms with Crippen molar-refractivity contribution in [1.29, 1.82) is 0 Å². The van der Waals surface area contributed by atoms with Gasteiger partial charge in [0.25, 0.3) is 0 Å². The SMILES string of the molecule is CC(NC(=O)N1CCSCCC1C)C1CCCN(C2CCC2)C1. The van der Waals surface area contributed by atoms with Crippen molar-refractivity contribution in [2.75, 3.05) is 31.1 Å². The maximum Gasteiger partial charge on any atom is 0.317 e. The van der Waals surface area contributed by atoms with E-state index in [1.165, 1.54) is 50.9 Å². The van der Waals surface area contributed by atoms with Gasteiger partial charge in [-0.25, -0.2) is 4.79 Å². The number of carbonyl (C=O) groups is 1. The van der Waals surface area contributed by atoms with Crippen LogP contribution in [-0.2, 0) is 0 Å². The molecule has 0 spiro atoms. The Morgan fingerprint density at radius 2 is 1.96 bits per heavy atom. The largest absolute Gasteiger partial charge is 0.335 e. The summed E-state index contributed by atoms with van der Waals surface area (Å²) < 4.78 is 0. The highest BCUT2D eigenvalue weighted by atomic mass is 32.2. The molecule has 2 aliphatic heterocycles. The summed E-state index contributed by atoms with van der Waals surface area (Å²) in [6, 6.07) is 1.65. The van der Waals surface area contributed by atoms with E-state index >= 15 is 0 Å². The molecule has 1 aliphatic carbocycles. The van der Waals surface area contributed by atoms with Crippen LogP contribution >= 0.6 is 11.8 Å². The fourth-order valence-corrected chi connectivity index (χ4v) is 5.16. The van der Waals surface area contributed by atoms with Crippen LogP contribution in [0, 0.1) is 5.92 Å². The van der Waals surface area contributed by atoms with Crippen molar-refractivity contribution >= 4 is 17.8 Å². The third-order valence-electron chi connectivity index (χ3n) is 6.09. The third kappa shape index (κ3) is 4.36. The Bertz CT molecular complexity index is 402. The Labute approximate surface area is 145 Å². The Kier molecular flexibility index (Phi) is 6.13. The van der Waals surface area contributed by atoms with Gasteiger partial charge in [-0.2, -0.15) is 11.8 Å². The number of nitrogens with one attached hydrogen (secondary N) is 1. The average molecular weight is 340 g/mol. The average Bonchev–Trinajstić information content (AvgIpc) is 2.70. The first kappa shape index (κ1) is 17.4. The van der Waals surface area contributed by atoms with Gasteiger partial charge in [0.15, 0.2) is 0 Å². The number of likely N-dealkylation sites (tertiary alicyclic amines) is 1. The van der Waals surface area contributed by atoms with Gasteiger partial charge in [-0.05, 0) is 64.2 Å². The van der Waals surface area contributed by atoms with Crippen molar-refractivity contribution < 1.29 is 4.79 Å². The lowest BCUT2D eigenvalue weighted by molar-refractivity contribution is 0.0666. The molecular weight excluding hydrogens is 306 g/mol. The Morgan fingerprint density at radius 1 is 1.13 bits per heavy atom. The molecule has 1 saturated carbocycles. The minimum atomic E-state index is 0.160. The lowest BCUT2D eigenvalue weighted by Gasteiger charge is -2.44. The molecule has 0 bridgehead atoms. The van der Waals surface area contributed by atoms with Gasteiger partial charge in [0.05, 0.1) is 0 Å². The molecule has 0 aromatic carbocycles. The fourth-order valence-electron chi connectivity index (χ4n) is 4.12. The molecule has 4 nitrogen and oxygen atoms in total. The summed E-state index contributed by atoms with van der Waals surface area (Å²) in [6.07, 6.45) is 7.84. The first-order valence-corrected chi connectivity index (χ1v) is 10.7. The molecule has 3 unspecified atom stereocenters. The smallest absolute Gasteiger partial charge is 0.317 e. The topological polar surface area (TPSA) is 35.6 Å². The summed E-state index contributed by atoms with van der Waals surface area (Å²) in [5.41, 5.74) is 0. The van der Waals surface area contributed by atoms with Crippen molar-refractivity contribution in [3.05, 3.63) is 0 Å². The molecule has 2 saturated heterocycles. The number of piperidine rings is 1. The highest BCUT2D eigenvalue weighted by Gasteiger charge is 2.32. The molecule has 3 rings (SSSR count). The predicted octanol–water partition coefficient (Wildman–Crippen LogP) is 3.18. The Hall–Kier alpha value is -0.420. The zero-order valence-corrected chi connectivity index (χ0v) is 15.6. The van der Waals surface area contributed by atoms with Gasteiger partial charge in [0, 0.05) is 37.0 Å². The molecule has 2 amide bonds. The van der Waals surface area contributed by atoms with Crippen LogP contribution in [0.4, 0.5) is 4.79 Å². The van der Waals surface area contributed by atoms with E-state index in [-0.39, 0.29) is 12.1 Å². The zero-order chi connectivity index (χ0) is 16.2. The number of hydrogen-bond acceptors (Lipinski definition) is 3. The molecule has 3 fully saturated rings. The molecule has 23 heavy (non-hydrogen) atoms. The molecular formula is C18H33N3OS. The van der Waals surface area contributed by atoms with Gasteiger partial charge in [0.1, 0.15) is 0 Å². The quantitative estimate of drug-likeness (QED) is 0.858. The molecule has 3 aliphatic rings. The van der Waals surface area contributed by atoms with E-state index in [4.69, 9.17) is 0 Å². The normalized spacial score (nSPS) is 32.0. The van der Waals surface area contributed by atoms with Crippen LogP contribution in [-0.4, -0.2) is 65.1 Å². The number of nitrogens with zero attached hydrogens (tertiary/aromatic N) is 2. The van der Waals surface area contributed by atoms with Crippen molar-refractivity contribution in [3.63, 3.8) is 0 Å². The fraction of sp³-hybridized carbons (Fsp3) is 0.944. The molecule has 0 aromatic rings. The monoisotopic (exact) mass is 339 g/mol. The minimum absolute atomic E-state index is 0.160. The number of carbonyl (C=O) groups excluding carboxylic acids is 1. The third-order valence-corrected chi connectivity index (χ3v) is 7.08. The lowest BCUT2D eigenvalue weighted by atomic mass is 9.85. The maximum atomic E-state index is 12.7. The van der Waals surface area contributed by atoms with Crippen molar-refractivity contribution in [3.8, 4) is 0 Å². The second-order valence-electron chi connectivity index (χ2n) is 7.66. The van der Waals surface area contributed by atoms with Crippen molar-refractivity contribution in [2.24, 2.45) is 5.92 Å². The van der Waals surface area contributed by atoms with E-state index in [0.29, 0.717) is 12.0 Å². The summed E-state index contributed by atoms with van der Waals surface area (Å²) in [6.45, 7) is 7.74. The number of hydrogen-bond donors (Lipinski definition) is 1. The van der Waals surface area contributed by atoms with E-state index in [0.717, 1.165) is 24.8 Å². The van der Waals surface area contributed by atoms with Gasteiger partial charge in [0.2, 0.25) is 0 Å². The number of urea groups is 1. The van der Waals surface area contributed by atoms with Crippen LogP contribution < -0.4 is 5.32 Å². The minimum Gasteiger partial charge on any atom is -0.335 e. The van der Waals surface area contributed by atoms with Gasteiger partial charge in [-0.15, -0.1) is 0 Å².